The van der Waals surface area contributed by atoms with Crippen molar-refractivity contribution in [3.05, 3.63) is 94.8 Å². The van der Waals surface area contributed by atoms with Gasteiger partial charge >= 0.3 is 0 Å². The average Bonchev–Trinajstić information content (AvgIpc) is 2.79. The number of aromatic nitrogens is 3. The lowest BCUT2D eigenvalue weighted by molar-refractivity contribution is -0.384. The fraction of sp³-hybridized carbons (Fsp3) is 0.0455. The monoisotopic (exact) mass is 383 g/mol. The first kappa shape index (κ1) is 18.4. The maximum atomic E-state index is 11.0. The van der Waals surface area contributed by atoms with Gasteiger partial charge in [0.25, 0.3) is 5.69 Å². The van der Waals surface area contributed by atoms with Crippen LogP contribution in [-0.4, -0.2) is 19.9 Å². The van der Waals surface area contributed by atoms with Crippen molar-refractivity contribution in [3.63, 3.8) is 0 Å². The van der Waals surface area contributed by atoms with E-state index in [9.17, 15) is 10.1 Å². The van der Waals surface area contributed by atoms with Gasteiger partial charge in [0.05, 0.1) is 33.4 Å². The number of hydrogen-bond donors (Lipinski definition) is 1. The van der Waals surface area contributed by atoms with Crippen LogP contribution in [0.4, 0.5) is 5.69 Å². The van der Waals surface area contributed by atoms with E-state index in [1.807, 2.05) is 48.5 Å². The quantitative estimate of drug-likeness (QED) is 0.408. The van der Waals surface area contributed by atoms with Crippen LogP contribution in [-0.2, 0) is 6.54 Å². The van der Waals surface area contributed by atoms with E-state index in [0.717, 1.165) is 22.5 Å². The van der Waals surface area contributed by atoms with Crippen molar-refractivity contribution in [3.8, 4) is 33.9 Å². The fourth-order valence-corrected chi connectivity index (χ4v) is 2.99. The summed E-state index contributed by atoms with van der Waals surface area (Å²) in [6.07, 6.45) is 1.71. The summed E-state index contributed by atoms with van der Waals surface area (Å²) >= 11 is 0. The molecule has 0 aliphatic rings. The van der Waals surface area contributed by atoms with Crippen molar-refractivity contribution in [2.45, 2.75) is 6.54 Å². The number of non-ortho nitro benzene ring substituents is 1. The number of nitro benzene ring substituents is 1. The highest BCUT2D eigenvalue weighted by atomic mass is 16.6. The molecule has 7 nitrogen and oxygen atoms in total. The van der Waals surface area contributed by atoms with E-state index in [1.54, 1.807) is 18.3 Å². The first-order chi connectivity index (χ1) is 14.1. The summed E-state index contributed by atoms with van der Waals surface area (Å²) in [5, 5.41) is 11.0. The molecule has 0 amide bonds. The third-order valence-corrected chi connectivity index (χ3v) is 4.44. The number of pyridine rings is 3. The second-order valence-electron chi connectivity index (χ2n) is 6.36. The van der Waals surface area contributed by atoms with Gasteiger partial charge in [-0.25, -0.2) is 9.97 Å². The third-order valence-electron chi connectivity index (χ3n) is 4.44. The second kappa shape index (κ2) is 7.95. The number of nitrogens with zero attached hydrogens (tertiary/aromatic N) is 4. The topological polar surface area (TPSA) is 108 Å². The van der Waals surface area contributed by atoms with Crippen molar-refractivity contribution in [1.29, 1.82) is 0 Å². The van der Waals surface area contributed by atoms with E-state index in [2.05, 4.69) is 9.97 Å². The second-order valence-corrected chi connectivity index (χ2v) is 6.36. The molecule has 142 valence electrons. The van der Waals surface area contributed by atoms with E-state index < -0.39 is 4.92 Å². The zero-order chi connectivity index (χ0) is 20.2. The van der Waals surface area contributed by atoms with Gasteiger partial charge in [0, 0.05) is 24.9 Å². The van der Waals surface area contributed by atoms with Crippen LogP contribution < -0.4 is 5.73 Å². The Balaban J connectivity index is 1.87. The zero-order valence-electron chi connectivity index (χ0n) is 15.4. The molecule has 0 bridgehead atoms. The minimum absolute atomic E-state index is 0.0466. The average molecular weight is 383 g/mol. The molecular formula is C22H17N5O2. The Labute approximate surface area is 167 Å². The predicted octanol–water partition coefficient (Wildman–Crippen LogP) is 4.24. The summed E-state index contributed by atoms with van der Waals surface area (Å²) in [7, 11) is 0. The lowest BCUT2D eigenvalue weighted by Gasteiger charge is -2.10. The Morgan fingerprint density at radius 2 is 1.52 bits per heavy atom. The van der Waals surface area contributed by atoms with Gasteiger partial charge in [0.2, 0.25) is 0 Å². The number of nitrogens with two attached hydrogens (primary N) is 1. The van der Waals surface area contributed by atoms with E-state index in [4.69, 9.17) is 10.7 Å². The number of rotatable bonds is 5. The highest BCUT2D eigenvalue weighted by Gasteiger charge is 2.12. The fourth-order valence-electron chi connectivity index (χ4n) is 2.99. The van der Waals surface area contributed by atoms with Gasteiger partial charge in [-0.2, -0.15) is 0 Å². The van der Waals surface area contributed by atoms with Gasteiger partial charge < -0.3 is 5.73 Å². The van der Waals surface area contributed by atoms with Crippen molar-refractivity contribution >= 4 is 5.69 Å². The molecule has 4 aromatic rings. The third kappa shape index (κ3) is 3.99. The van der Waals surface area contributed by atoms with Crippen molar-refractivity contribution in [2.24, 2.45) is 5.73 Å². The summed E-state index contributed by atoms with van der Waals surface area (Å²) in [5.41, 5.74) is 11.0. The number of benzene rings is 1. The van der Waals surface area contributed by atoms with Gasteiger partial charge in [-0.05, 0) is 59.7 Å². The summed E-state index contributed by atoms with van der Waals surface area (Å²) in [5.74, 6) is 0. The van der Waals surface area contributed by atoms with E-state index in [-0.39, 0.29) is 5.69 Å². The van der Waals surface area contributed by atoms with Gasteiger partial charge in [0.1, 0.15) is 0 Å². The van der Waals surface area contributed by atoms with Crippen LogP contribution in [0.2, 0.25) is 0 Å². The number of hydrogen-bond acceptors (Lipinski definition) is 6. The molecule has 0 atom stereocenters. The zero-order valence-corrected chi connectivity index (χ0v) is 15.4. The first-order valence-corrected chi connectivity index (χ1v) is 8.99. The van der Waals surface area contributed by atoms with Crippen molar-refractivity contribution in [2.75, 3.05) is 0 Å². The van der Waals surface area contributed by atoms with Gasteiger partial charge in [-0.15, -0.1) is 0 Å². The molecule has 0 saturated carbocycles. The van der Waals surface area contributed by atoms with E-state index in [1.165, 1.54) is 12.1 Å². The van der Waals surface area contributed by atoms with Crippen LogP contribution in [0.1, 0.15) is 5.69 Å². The summed E-state index contributed by atoms with van der Waals surface area (Å²) < 4.78 is 0. The summed E-state index contributed by atoms with van der Waals surface area (Å²) in [6, 6.07) is 21.5. The minimum Gasteiger partial charge on any atom is -0.325 e. The molecule has 0 radical (unpaired) electrons. The molecule has 0 aliphatic carbocycles. The molecular weight excluding hydrogens is 366 g/mol. The van der Waals surface area contributed by atoms with E-state index >= 15 is 0 Å². The largest absolute Gasteiger partial charge is 0.325 e. The molecule has 2 N–H and O–H groups in total. The standard InChI is InChI=1S/C22H17N5O2/c23-14-17-4-3-6-20(25-17)22-13-16(15-7-9-18(10-8-15)27(28)29)12-21(26-22)19-5-1-2-11-24-19/h1-13H,14,23H2. The Bertz CT molecular complexity index is 1160. The SMILES string of the molecule is NCc1cccc(-c2cc(-c3ccc([N+](=O)[O-])cc3)cc(-c3ccccn3)n2)n1. The molecule has 0 spiro atoms. The Morgan fingerprint density at radius 3 is 2.17 bits per heavy atom. The summed E-state index contributed by atoms with van der Waals surface area (Å²) in [4.78, 5) is 24.3. The van der Waals surface area contributed by atoms with Crippen LogP contribution in [0.5, 0.6) is 0 Å². The Morgan fingerprint density at radius 1 is 0.793 bits per heavy atom. The van der Waals surface area contributed by atoms with Crippen LogP contribution in [0.15, 0.2) is 79.0 Å². The first-order valence-electron chi connectivity index (χ1n) is 8.99. The summed E-state index contributed by atoms with van der Waals surface area (Å²) in [6.45, 7) is 0.336. The van der Waals surface area contributed by atoms with Crippen LogP contribution in [0.3, 0.4) is 0 Å². The molecule has 3 heterocycles. The normalized spacial score (nSPS) is 10.7. The van der Waals surface area contributed by atoms with Gasteiger partial charge in [-0.3, -0.25) is 15.1 Å². The van der Waals surface area contributed by atoms with Crippen LogP contribution in [0, 0.1) is 10.1 Å². The Hall–Kier alpha value is -3.97. The lowest BCUT2D eigenvalue weighted by atomic mass is 10.0. The van der Waals surface area contributed by atoms with Gasteiger partial charge in [0.15, 0.2) is 0 Å². The molecule has 1 aromatic carbocycles. The molecule has 0 fully saturated rings. The molecule has 29 heavy (non-hydrogen) atoms. The Kier molecular flexibility index (Phi) is 5.05. The maximum absolute atomic E-state index is 11.0. The smallest absolute Gasteiger partial charge is 0.269 e. The van der Waals surface area contributed by atoms with Crippen LogP contribution >= 0.6 is 0 Å². The molecule has 0 saturated heterocycles. The van der Waals surface area contributed by atoms with Crippen LogP contribution in [0.25, 0.3) is 33.9 Å². The predicted molar refractivity (Wildman–Crippen MR) is 111 cm³/mol. The highest BCUT2D eigenvalue weighted by Crippen LogP contribution is 2.30. The van der Waals surface area contributed by atoms with E-state index in [0.29, 0.717) is 23.6 Å². The minimum atomic E-state index is -0.413. The molecule has 7 heteroatoms. The molecule has 0 aliphatic heterocycles. The van der Waals surface area contributed by atoms with Crippen molar-refractivity contribution < 1.29 is 4.92 Å². The molecule has 4 rings (SSSR count). The maximum Gasteiger partial charge on any atom is 0.269 e. The number of nitro groups is 1. The molecule has 3 aromatic heterocycles. The van der Waals surface area contributed by atoms with Crippen molar-refractivity contribution in [1.82, 2.24) is 15.0 Å². The lowest BCUT2D eigenvalue weighted by Crippen LogP contribution is -2.01. The van der Waals surface area contributed by atoms with Gasteiger partial charge in [-0.1, -0.05) is 12.1 Å². The highest BCUT2D eigenvalue weighted by molar-refractivity contribution is 5.75. The molecule has 0 unspecified atom stereocenters.